The third-order valence-electron chi connectivity index (χ3n) is 3.69. The maximum absolute atomic E-state index is 12.2. The van der Waals surface area contributed by atoms with Crippen molar-refractivity contribution >= 4 is 23.5 Å². The Morgan fingerprint density at radius 2 is 2.12 bits per heavy atom. The maximum Gasteiger partial charge on any atom is 0.283 e. The second-order valence-corrected chi connectivity index (χ2v) is 6.51. The Labute approximate surface area is 154 Å². The van der Waals surface area contributed by atoms with Crippen LogP contribution in [0.5, 0.6) is 11.5 Å². The van der Waals surface area contributed by atoms with E-state index >= 15 is 0 Å². The molecule has 2 aromatic carbocycles. The number of hydrogen-bond donors (Lipinski definition) is 2. The first kappa shape index (κ1) is 17.6. The number of aryl methyl sites for hydroxylation is 1. The Bertz CT molecular complexity index is 966. The fourth-order valence-corrected chi connectivity index (χ4v) is 3.22. The number of amides is 1. The summed E-state index contributed by atoms with van der Waals surface area (Å²) in [7, 11) is 1.48. The second kappa shape index (κ2) is 7.79. The lowest BCUT2D eigenvalue weighted by atomic mass is 10.1. The van der Waals surface area contributed by atoms with Gasteiger partial charge in [-0.15, -0.1) is 11.3 Å². The molecule has 3 aromatic rings. The van der Waals surface area contributed by atoms with Gasteiger partial charge in [-0.25, -0.2) is 10.4 Å². The van der Waals surface area contributed by atoms with Crippen LogP contribution in [0.1, 0.15) is 20.8 Å². The second-order valence-electron chi connectivity index (χ2n) is 5.47. The quantitative estimate of drug-likeness (QED) is 0.533. The van der Waals surface area contributed by atoms with E-state index in [0.29, 0.717) is 16.2 Å². The van der Waals surface area contributed by atoms with Crippen molar-refractivity contribution in [1.82, 2.24) is 10.4 Å². The summed E-state index contributed by atoms with van der Waals surface area (Å²) >= 11 is 1.31. The Morgan fingerprint density at radius 1 is 1.31 bits per heavy atom. The van der Waals surface area contributed by atoms with Crippen molar-refractivity contribution in [2.45, 2.75) is 6.92 Å². The average Bonchev–Trinajstić information content (AvgIpc) is 3.12. The van der Waals surface area contributed by atoms with Gasteiger partial charge in [0.15, 0.2) is 11.5 Å². The predicted molar refractivity (Wildman–Crippen MR) is 102 cm³/mol. The summed E-state index contributed by atoms with van der Waals surface area (Å²) in [5.41, 5.74) is 5.21. The minimum absolute atomic E-state index is 0.00751. The van der Waals surface area contributed by atoms with Gasteiger partial charge in [-0.1, -0.05) is 24.3 Å². The molecule has 1 aromatic heterocycles. The Morgan fingerprint density at radius 3 is 2.85 bits per heavy atom. The smallest absolute Gasteiger partial charge is 0.283 e. The van der Waals surface area contributed by atoms with Crippen LogP contribution in [0.3, 0.4) is 0 Å². The number of aromatic hydroxyl groups is 1. The number of nitrogens with one attached hydrogen (secondary N) is 1. The molecular formula is C19H17N3O3S. The SMILES string of the molecule is COc1ccc(/C=N\NC(=O)c2cnc(-c3ccccc3C)s2)cc1O. The van der Waals surface area contributed by atoms with E-state index in [9.17, 15) is 9.90 Å². The first-order chi connectivity index (χ1) is 12.6. The molecule has 0 atom stereocenters. The molecule has 1 amide bonds. The normalized spacial score (nSPS) is 10.8. The van der Waals surface area contributed by atoms with Crippen LogP contribution in [-0.4, -0.2) is 29.3 Å². The monoisotopic (exact) mass is 367 g/mol. The van der Waals surface area contributed by atoms with Crippen molar-refractivity contribution < 1.29 is 14.6 Å². The molecule has 0 aliphatic rings. The van der Waals surface area contributed by atoms with Crippen LogP contribution in [0.15, 0.2) is 53.8 Å². The van der Waals surface area contributed by atoms with E-state index in [1.807, 2.05) is 31.2 Å². The number of thiazole rings is 1. The number of rotatable bonds is 5. The molecular weight excluding hydrogens is 350 g/mol. The number of hydrazone groups is 1. The van der Waals surface area contributed by atoms with Gasteiger partial charge >= 0.3 is 0 Å². The van der Waals surface area contributed by atoms with Crippen LogP contribution >= 0.6 is 11.3 Å². The summed E-state index contributed by atoms with van der Waals surface area (Å²) in [6.07, 6.45) is 2.98. The number of carbonyl (C=O) groups is 1. The van der Waals surface area contributed by atoms with E-state index in [-0.39, 0.29) is 11.7 Å². The maximum atomic E-state index is 12.2. The van der Waals surface area contributed by atoms with Crippen molar-refractivity contribution in [3.05, 3.63) is 64.7 Å². The van der Waals surface area contributed by atoms with Crippen LogP contribution in [0.2, 0.25) is 0 Å². The zero-order valence-corrected chi connectivity index (χ0v) is 15.1. The lowest BCUT2D eigenvalue weighted by molar-refractivity contribution is 0.0959. The summed E-state index contributed by atoms with van der Waals surface area (Å²) in [5.74, 6) is 0.0454. The molecule has 0 unspecified atom stereocenters. The van der Waals surface area contributed by atoms with Crippen molar-refractivity contribution in [3.63, 3.8) is 0 Å². The van der Waals surface area contributed by atoms with Gasteiger partial charge < -0.3 is 9.84 Å². The minimum Gasteiger partial charge on any atom is -0.504 e. The van der Waals surface area contributed by atoms with Crippen molar-refractivity contribution in [1.29, 1.82) is 0 Å². The zero-order chi connectivity index (χ0) is 18.5. The van der Waals surface area contributed by atoms with Crippen LogP contribution in [0, 0.1) is 6.92 Å². The number of benzene rings is 2. The first-order valence-corrected chi connectivity index (χ1v) is 8.62. The van der Waals surface area contributed by atoms with Crippen molar-refractivity contribution in [3.8, 4) is 22.1 Å². The molecule has 0 bridgehead atoms. The minimum atomic E-state index is -0.337. The van der Waals surface area contributed by atoms with Gasteiger partial charge in [0.1, 0.15) is 9.88 Å². The number of hydrogen-bond acceptors (Lipinski definition) is 6. The fourth-order valence-electron chi connectivity index (χ4n) is 2.32. The van der Waals surface area contributed by atoms with E-state index in [0.717, 1.165) is 16.1 Å². The predicted octanol–water partition coefficient (Wildman–Crippen LogP) is 3.60. The summed E-state index contributed by atoms with van der Waals surface area (Å²) < 4.78 is 4.98. The zero-order valence-electron chi connectivity index (χ0n) is 14.3. The van der Waals surface area contributed by atoms with Gasteiger partial charge in [-0.2, -0.15) is 5.10 Å². The van der Waals surface area contributed by atoms with E-state index in [4.69, 9.17) is 4.74 Å². The molecule has 0 fully saturated rings. The largest absolute Gasteiger partial charge is 0.504 e. The number of carbonyl (C=O) groups excluding carboxylic acids is 1. The molecule has 1 heterocycles. The van der Waals surface area contributed by atoms with Crippen LogP contribution in [0.25, 0.3) is 10.6 Å². The fraction of sp³-hybridized carbons (Fsp3) is 0.105. The molecule has 0 saturated carbocycles. The molecule has 0 radical (unpaired) electrons. The van der Waals surface area contributed by atoms with Gasteiger partial charge in [0.2, 0.25) is 0 Å². The molecule has 6 nitrogen and oxygen atoms in total. The summed E-state index contributed by atoms with van der Waals surface area (Å²) in [6.45, 7) is 2.01. The van der Waals surface area contributed by atoms with Gasteiger partial charge in [0.25, 0.3) is 5.91 Å². The molecule has 0 aliphatic heterocycles. The summed E-state index contributed by atoms with van der Waals surface area (Å²) in [5, 5.41) is 14.4. The number of phenolic OH excluding ortho intramolecular Hbond substituents is 1. The van der Waals surface area contributed by atoms with Gasteiger partial charge in [-0.3, -0.25) is 4.79 Å². The molecule has 26 heavy (non-hydrogen) atoms. The lowest BCUT2D eigenvalue weighted by Gasteiger charge is -2.03. The molecule has 3 rings (SSSR count). The van der Waals surface area contributed by atoms with Crippen LogP contribution in [-0.2, 0) is 0 Å². The average molecular weight is 367 g/mol. The molecule has 0 saturated heterocycles. The van der Waals surface area contributed by atoms with Gasteiger partial charge in [0.05, 0.1) is 19.5 Å². The van der Waals surface area contributed by atoms with Gasteiger partial charge in [-0.05, 0) is 36.2 Å². The topological polar surface area (TPSA) is 83.8 Å². The van der Waals surface area contributed by atoms with Crippen LogP contribution in [0.4, 0.5) is 0 Å². The van der Waals surface area contributed by atoms with Gasteiger partial charge in [0, 0.05) is 5.56 Å². The van der Waals surface area contributed by atoms with Crippen LogP contribution < -0.4 is 10.2 Å². The van der Waals surface area contributed by atoms with Crippen molar-refractivity contribution in [2.75, 3.05) is 7.11 Å². The molecule has 0 aliphatic carbocycles. The summed E-state index contributed by atoms with van der Waals surface area (Å²) in [6, 6.07) is 12.7. The number of nitrogens with zero attached hydrogens (tertiary/aromatic N) is 2. The Balaban J connectivity index is 1.67. The standard InChI is InChI=1S/C19H17N3O3S/c1-12-5-3-4-6-14(12)19-20-11-17(26-19)18(24)22-21-10-13-7-8-16(25-2)15(23)9-13/h3-11,23H,1-2H3,(H,22,24)/b21-10-. The lowest BCUT2D eigenvalue weighted by Crippen LogP contribution is -2.16. The molecule has 2 N–H and O–H groups in total. The molecule has 0 spiro atoms. The number of ether oxygens (including phenoxy) is 1. The Hall–Kier alpha value is -3.19. The highest BCUT2D eigenvalue weighted by atomic mass is 32.1. The Kier molecular flexibility index (Phi) is 5.28. The highest BCUT2D eigenvalue weighted by Crippen LogP contribution is 2.28. The first-order valence-electron chi connectivity index (χ1n) is 7.80. The molecule has 7 heteroatoms. The van der Waals surface area contributed by atoms with Crippen molar-refractivity contribution in [2.24, 2.45) is 5.10 Å². The van der Waals surface area contributed by atoms with E-state index in [2.05, 4.69) is 15.5 Å². The number of phenols is 1. The van der Waals surface area contributed by atoms with E-state index in [1.54, 1.807) is 12.1 Å². The van der Waals surface area contributed by atoms with E-state index < -0.39 is 0 Å². The number of aromatic nitrogens is 1. The highest BCUT2D eigenvalue weighted by Gasteiger charge is 2.12. The van der Waals surface area contributed by atoms with E-state index in [1.165, 1.54) is 36.9 Å². The number of methoxy groups -OCH3 is 1. The highest BCUT2D eigenvalue weighted by molar-refractivity contribution is 7.16. The third-order valence-corrected chi connectivity index (χ3v) is 4.72. The molecule has 132 valence electrons. The third kappa shape index (κ3) is 3.89. The summed E-state index contributed by atoms with van der Waals surface area (Å²) in [4.78, 5) is 17.0.